The number of nitrogens with zero attached hydrogens (tertiary/aromatic N) is 2. The zero-order valence-electron chi connectivity index (χ0n) is 10.4. The summed E-state index contributed by atoms with van der Waals surface area (Å²) in [6, 6.07) is 6.30. The summed E-state index contributed by atoms with van der Waals surface area (Å²) < 4.78 is 14.7. The van der Waals surface area contributed by atoms with Crippen LogP contribution in [0.25, 0.3) is 5.69 Å². The van der Waals surface area contributed by atoms with E-state index in [1.165, 1.54) is 12.1 Å². The van der Waals surface area contributed by atoms with E-state index >= 15 is 0 Å². The number of halogens is 1. The molecule has 0 atom stereocenters. The molecule has 1 aromatic carbocycles. The predicted octanol–water partition coefficient (Wildman–Crippen LogP) is 1.94. The van der Waals surface area contributed by atoms with Crippen LogP contribution in [0, 0.1) is 5.82 Å². The molecule has 0 amide bonds. The van der Waals surface area contributed by atoms with Crippen LogP contribution < -0.4 is 11.1 Å². The van der Waals surface area contributed by atoms with E-state index in [0.29, 0.717) is 13.1 Å². The number of aromatic nitrogens is 2. The first-order valence-electron chi connectivity index (χ1n) is 6.03. The number of nitrogens with two attached hydrogens (primary N) is 1. The first kappa shape index (κ1) is 12.6. The molecule has 5 heteroatoms. The summed E-state index contributed by atoms with van der Waals surface area (Å²) in [5, 5.41) is 7.56. The Kier molecular flexibility index (Phi) is 3.94. The van der Waals surface area contributed by atoms with Crippen LogP contribution in [0.2, 0.25) is 0 Å². The maximum Gasteiger partial charge on any atom is 0.123 e. The highest BCUT2D eigenvalue weighted by atomic mass is 19.1. The Bertz CT molecular complexity index is 504. The summed E-state index contributed by atoms with van der Waals surface area (Å²) in [4.78, 5) is 0. The van der Waals surface area contributed by atoms with Crippen molar-refractivity contribution in [1.29, 1.82) is 0 Å². The molecule has 3 N–H and O–H groups in total. The van der Waals surface area contributed by atoms with Gasteiger partial charge in [0, 0.05) is 13.1 Å². The Morgan fingerprint density at radius 2 is 2.06 bits per heavy atom. The Morgan fingerprint density at radius 1 is 1.33 bits per heavy atom. The van der Waals surface area contributed by atoms with Crippen LogP contribution in [-0.2, 0) is 6.42 Å². The molecule has 0 spiro atoms. The highest BCUT2D eigenvalue weighted by Crippen LogP contribution is 2.19. The van der Waals surface area contributed by atoms with Gasteiger partial charge >= 0.3 is 0 Å². The van der Waals surface area contributed by atoms with Gasteiger partial charge in [-0.1, -0.05) is 6.92 Å². The van der Waals surface area contributed by atoms with E-state index in [-0.39, 0.29) is 5.82 Å². The summed E-state index contributed by atoms with van der Waals surface area (Å²) in [6.45, 7) is 3.34. The van der Waals surface area contributed by atoms with Crippen molar-refractivity contribution >= 4 is 5.69 Å². The van der Waals surface area contributed by atoms with Gasteiger partial charge in [-0.15, -0.1) is 0 Å². The highest BCUT2D eigenvalue weighted by Gasteiger charge is 2.10. The van der Waals surface area contributed by atoms with Gasteiger partial charge in [0.1, 0.15) is 5.82 Å². The average molecular weight is 248 g/mol. The zero-order valence-corrected chi connectivity index (χ0v) is 10.4. The lowest BCUT2D eigenvalue weighted by molar-refractivity contribution is 0.626. The van der Waals surface area contributed by atoms with Crippen LogP contribution >= 0.6 is 0 Å². The molecule has 0 unspecified atom stereocenters. The molecule has 0 aliphatic carbocycles. The molecular weight excluding hydrogens is 231 g/mol. The number of benzene rings is 1. The Balaban J connectivity index is 2.33. The molecule has 18 heavy (non-hydrogen) atoms. The molecule has 0 radical (unpaired) electrons. The molecule has 0 bridgehead atoms. The number of anilines is 1. The molecule has 96 valence electrons. The van der Waals surface area contributed by atoms with Crippen LogP contribution in [0.15, 0.2) is 30.5 Å². The van der Waals surface area contributed by atoms with Crippen molar-refractivity contribution in [3.63, 3.8) is 0 Å². The lowest BCUT2D eigenvalue weighted by Crippen LogP contribution is -2.14. The van der Waals surface area contributed by atoms with E-state index < -0.39 is 0 Å². The lowest BCUT2D eigenvalue weighted by atomic mass is 10.2. The summed E-state index contributed by atoms with van der Waals surface area (Å²) in [7, 11) is 0. The molecule has 1 heterocycles. The van der Waals surface area contributed by atoms with E-state index in [4.69, 9.17) is 5.73 Å². The lowest BCUT2D eigenvalue weighted by Gasteiger charge is -2.08. The van der Waals surface area contributed by atoms with Crippen molar-refractivity contribution < 1.29 is 4.39 Å². The van der Waals surface area contributed by atoms with E-state index in [9.17, 15) is 4.39 Å². The molecule has 4 nitrogen and oxygen atoms in total. The molecule has 2 rings (SSSR count). The van der Waals surface area contributed by atoms with Gasteiger partial charge in [-0.05, 0) is 30.7 Å². The van der Waals surface area contributed by atoms with Gasteiger partial charge in [-0.3, -0.25) is 0 Å². The fraction of sp³-hybridized carbons (Fsp3) is 0.308. The fourth-order valence-corrected chi connectivity index (χ4v) is 1.87. The van der Waals surface area contributed by atoms with Gasteiger partial charge in [0.05, 0.1) is 23.3 Å². The van der Waals surface area contributed by atoms with Crippen LogP contribution in [0.5, 0.6) is 0 Å². The Hall–Kier alpha value is -1.88. The van der Waals surface area contributed by atoms with E-state index in [0.717, 1.165) is 23.5 Å². The summed E-state index contributed by atoms with van der Waals surface area (Å²) >= 11 is 0. The Morgan fingerprint density at radius 3 is 2.67 bits per heavy atom. The van der Waals surface area contributed by atoms with Gasteiger partial charge in [0.25, 0.3) is 0 Å². The molecule has 0 saturated heterocycles. The quantitative estimate of drug-likeness (QED) is 0.850. The fourth-order valence-electron chi connectivity index (χ4n) is 1.87. The second-order valence-electron chi connectivity index (χ2n) is 3.96. The van der Waals surface area contributed by atoms with Crippen LogP contribution in [0.3, 0.4) is 0 Å². The van der Waals surface area contributed by atoms with Gasteiger partial charge in [-0.2, -0.15) is 5.10 Å². The van der Waals surface area contributed by atoms with Crippen LogP contribution in [0.1, 0.15) is 12.6 Å². The topological polar surface area (TPSA) is 55.9 Å². The number of hydrogen-bond acceptors (Lipinski definition) is 3. The highest BCUT2D eigenvalue weighted by molar-refractivity contribution is 5.50. The van der Waals surface area contributed by atoms with E-state index in [2.05, 4.69) is 17.3 Å². The summed E-state index contributed by atoms with van der Waals surface area (Å²) in [6.07, 6.45) is 2.61. The maximum absolute atomic E-state index is 12.9. The molecule has 0 aliphatic heterocycles. The minimum absolute atomic E-state index is 0.245. The van der Waals surface area contributed by atoms with Gasteiger partial charge in [0.2, 0.25) is 0 Å². The number of rotatable bonds is 5. The second-order valence-corrected chi connectivity index (χ2v) is 3.96. The van der Waals surface area contributed by atoms with Crippen molar-refractivity contribution in [3.05, 3.63) is 42.0 Å². The van der Waals surface area contributed by atoms with E-state index in [1.807, 2.05) is 4.68 Å². The smallest absolute Gasteiger partial charge is 0.123 e. The molecule has 0 fully saturated rings. The largest absolute Gasteiger partial charge is 0.381 e. The molecular formula is C13H17FN4. The van der Waals surface area contributed by atoms with Crippen molar-refractivity contribution in [1.82, 2.24) is 9.78 Å². The normalized spacial score (nSPS) is 10.6. The average Bonchev–Trinajstić information content (AvgIpc) is 2.80. The van der Waals surface area contributed by atoms with Crippen molar-refractivity contribution in [2.24, 2.45) is 5.73 Å². The molecule has 0 aliphatic rings. The third-order valence-electron chi connectivity index (χ3n) is 2.73. The molecule has 2 aromatic rings. The predicted molar refractivity (Wildman–Crippen MR) is 70.4 cm³/mol. The van der Waals surface area contributed by atoms with Crippen LogP contribution in [-0.4, -0.2) is 22.9 Å². The Labute approximate surface area is 106 Å². The van der Waals surface area contributed by atoms with Crippen molar-refractivity contribution in [2.45, 2.75) is 13.3 Å². The second kappa shape index (κ2) is 5.64. The first-order valence-corrected chi connectivity index (χ1v) is 6.03. The van der Waals surface area contributed by atoms with Gasteiger partial charge < -0.3 is 11.1 Å². The standard InChI is InChI=1S/C13H17FN4/c1-2-13-12(16-8-7-15)9-17-18(13)11-5-3-10(14)4-6-11/h3-6,9,16H,2,7-8,15H2,1H3. The third kappa shape index (κ3) is 2.51. The minimum Gasteiger partial charge on any atom is -0.381 e. The SMILES string of the molecule is CCc1c(NCCN)cnn1-c1ccc(F)cc1. The van der Waals surface area contributed by atoms with Crippen molar-refractivity contribution in [2.75, 3.05) is 18.4 Å². The summed E-state index contributed by atoms with van der Waals surface area (Å²) in [5.41, 5.74) is 8.37. The van der Waals surface area contributed by atoms with E-state index in [1.54, 1.807) is 18.3 Å². The first-order chi connectivity index (χ1) is 8.76. The maximum atomic E-state index is 12.9. The molecule has 0 saturated carbocycles. The van der Waals surface area contributed by atoms with Crippen molar-refractivity contribution in [3.8, 4) is 5.69 Å². The molecule has 1 aromatic heterocycles. The van der Waals surface area contributed by atoms with Crippen LogP contribution in [0.4, 0.5) is 10.1 Å². The zero-order chi connectivity index (χ0) is 13.0. The van der Waals surface area contributed by atoms with Gasteiger partial charge in [0.15, 0.2) is 0 Å². The van der Waals surface area contributed by atoms with Gasteiger partial charge in [-0.25, -0.2) is 9.07 Å². The minimum atomic E-state index is -0.245. The number of hydrogen-bond donors (Lipinski definition) is 2. The summed E-state index contributed by atoms with van der Waals surface area (Å²) in [5.74, 6) is -0.245. The number of nitrogens with one attached hydrogen (secondary N) is 1. The monoisotopic (exact) mass is 248 g/mol. The third-order valence-corrected chi connectivity index (χ3v) is 2.73.